The highest BCUT2D eigenvalue weighted by Crippen LogP contribution is 2.10. The van der Waals surface area contributed by atoms with Crippen LogP contribution < -0.4 is 5.73 Å². The second-order valence-corrected chi connectivity index (χ2v) is 4.33. The van der Waals surface area contributed by atoms with Gasteiger partial charge in [0.25, 0.3) is 0 Å². The summed E-state index contributed by atoms with van der Waals surface area (Å²) in [6.45, 7) is 14.3. The molecule has 0 rings (SSSR count). The third-order valence-corrected chi connectivity index (χ3v) is 2.94. The molecule has 2 N–H and O–H groups in total. The number of rotatable bonds is 9. The Kier molecular flexibility index (Phi) is 9.06. The molecule has 3 nitrogen and oxygen atoms in total. The number of hydrogen-bond donors (Lipinski definition) is 1. The Morgan fingerprint density at radius 3 is 2.33 bits per heavy atom. The van der Waals surface area contributed by atoms with Crippen molar-refractivity contribution in [1.29, 1.82) is 0 Å². The monoisotopic (exact) mass is 216 g/mol. The lowest BCUT2D eigenvalue weighted by atomic mass is 9.95. The van der Waals surface area contributed by atoms with Crippen LogP contribution in [0.25, 0.3) is 0 Å². The lowest BCUT2D eigenvalue weighted by Crippen LogP contribution is -2.37. The molecule has 92 valence electrons. The Morgan fingerprint density at radius 1 is 1.27 bits per heavy atom. The average Bonchev–Trinajstić information content (AvgIpc) is 2.22. The van der Waals surface area contributed by atoms with Crippen molar-refractivity contribution in [3.63, 3.8) is 0 Å². The second kappa shape index (κ2) is 9.13. The molecule has 0 aliphatic heterocycles. The third-order valence-electron chi connectivity index (χ3n) is 2.94. The van der Waals surface area contributed by atoms with Gasteiger partial charge in [-0.1, -0.05) is 20.8 Å². The van der Waals surface area contributed by atoms with E-state index >= 15 is 0 Å². The van der Waals surface area contributed by atoms with Gasteiger partial charge in [-0.3, -0.25) is 0 Å². The second-order valence-electron chi connectivity index (χ2n) is 4.33. The highest BCUT2D eigenvalue weighted by atomic mass is 16.5. The summed E-state index contributed by atoms with van der Waals surface area (Å²) in [6, 6.07) is 0. The van der Waals surface area contributed by atoms with Crippen molar-refractivity contribution < 1.29 is 4.74 Å². The maximum absolute atomic E-state index is 5.77. The van der Waals surface area contributed by atoms with Crippen molar-refractivity contribution in [3.05, 3.63) is 0 Å². The number of nitrogens with two attached hydrogens (primary N) is 1. The fraction of sp³-hybridized carbons (Fsp3) is 1.00. The Hall–Kier alpha value is -0.120. The molecule has 0 radical (unpaired) electrons. The minimum Gasteiger partial charge on any atom is -0.380 e. The van der Waals surface area contributed by atoms with Gasteiger partial charge in [0.05, 0.1) is 6.61 Å². The maximum Gasteiger partial charge on any atom is 0.0593 e. The van der Waals surface area contributed by atoms with Gasteiger partial charge in [-0.2, -0.15) is 0 Å². The van der Waals surface area contributed by atoms with Crippen LogP contribution in [0.2, 0.25) is 0 Å². The normalized spacial score (nSPS) is 13.8. The molecule has 0 saturated heterocycles. The zero-order valence-electron chi connectivity index (χ0n) is 10.8. The van der Waals surface area contributed by atoms with E-state index in [1.165, 1.54) is 0 Å². The van der Waals surface area contributed by atoms with Gasteiger partial charge in [0.2, 0.25) is 0 Å². The number of hydrogen-bond acceptors (Lipinski definition) is 3. The molecule has 0 amide bonds. The summed E-state index contributed by atoms with van der Waals surface area (Å²) in [5.41, 5.74) is 5.77. The van der Waals surface area contributed by atoms with Gasteiger partial charge in [0, 0.05) is 19.7 Å². The van der Waals surface area contributed by atoms with Crippen LogP contribution in [0.3, 0.4) is 0 Å². The predicted octanol–water partition coefficient (Wildman–Crippen LogP) is 1.58. The first-order chi connectivity index (χ1) is 7.15. The molecule has 0 saturated carbocycles. The van der Waals surface area contributed by atoms with E-state index in [1.807, 2.05) is 6.92 Å². The molecule has 0 aromatic carbocycles. The Morgan fingerprint density at radius 2 is 1.93 bits per heavy atom. The van der Waals surface area contributed by atoms with E-state index in [1.54, 1.807) is 0 Å². The molecule has 0 aliphatic rings. The van der Waals surface area contributed by atoms with Gasteiger partial charge >= 0.3 is 0 Å². The first kappa shape index (κ1) is 14.9. The van der Waals surface area contributed by atoms with E-state index in [4.69, 9.17) is 10.5 Å². The van der Waals surface area contributed by atoms with Gasteiger partial charge in [0.15, 0.2) is 0 Å². The highest BCUT2D eigenvalue weighted by Gasteiger charge is 2.14. The lowest BCUT2D eigenvalue weighted by molar-refractivity contribution is 0.105. The average molecular weight is 216 g/mol. The van der Waals surface area contributed by atoms with Crippen LogP contribution in [0.1, 0.15) is 27.7 Å². The molecule has 0 aromatic heterocycles. The molecule has 1 atom stereocenters. The van der Waals surface area contributed by atoms with Crippen LogP contribution in [0.4, 0.5) is 0 Å². The summed E-state index contributed by atoms with van der Waals surface area (Å²) in [5.74, 6) is 1.27. The van der Waals surface area contributed by atoms with E-state index in [2.05, 4.69) is 25.7 Å². The first-order valence-corrected chi connectivity index (χ1v) is 6.15. The van der Waals surface area contributed by atoms with Gasteiger partial charge < -0.3 is 15.4 Å². The Labute approximate surface area is 95.0 Å². The zero-order chi connectivity index (χ0) is 11.7. The molecule has 0 heterocycles. The summed E-state index contributed by atoms with van der Waals surface area (Å²) in [7, 11) is 0. The summed E-state index contributed by atoms with van der Waals surface area (Å²) in [6.07, 6.45) is 0. The molecule has 0 bridgehead atoms. The minimum absolute atomic E-state index is 0.603. The van der Waals surface area contributed by atoms with Crippen molar-refractivity contribution in [2.75, 3.05) is 39.4 Å². The number of nitrogens with zero attached hydrogens (tertiary/aromatic N) is 1. The smallest absolute Gasteiger partial charge is 0.0593 e. The van der Waals surface area contributed by atoms with E-state index in [0.29, 0.717) is 11.8 Å². The number of ether oxygens (including phenoxy) is 1. The molecule has 0 spiro atoms. The lowest BCUT2D eigenvalue weighted by Gasteiger charge is -2.27. The first-order valence-electron chi connectivity index (χ1n) is 6.15. The Balaban J connectivity index is 3.84. The molecule has 1 unspecified atom stereocenters. The quantitative estimate of drug-likeness (QED) is 0.595. The van der Waals surface area contributed by atoms with Crippen LogP contribution >= 0.6 is 0 Å². The molecular weight excluding hydrogens is 188 g/mol. The Bertz CT molecular complexity index is 140. The fourth-order valence-corrected chi connectivity index (χ4v) is 1.61. The highest BCUT2D eigenvalue weighted by molar-refractivity contribution is 4.69. The molecule has 0 aromatic rings. The molecule has 15 heavy (non-hydrogen) atoms. The van der Waals surface area contributed by atoms with Crippen LogP contribution in [0.15, 0.2) is 0 Å². The van der Waals surface area contributed by atoms with Crippen molar-refractivity contribution in [2.45, 2.75) is 27.7 Å². The van der Waals surface area contributed by atoms with Crippen molar-refractivity contribution in [3.8, 4) is 0 Å². The predicted molar refractivity (Wildman–Crippen MR) is 66.0 cm³/mol. The van der Waals surface area contributed by atoms with Crippen LogP contribution in [0, 0.1) is 11.8 Å². The summed E-state index contributed by atoms with van der Waals surface area (Å²) < 4.78 is 5.37. The topological polar surface area (TPSA) is 38.5 Å². The maximum atomic E-state index is 5.77. The van der Waals surface area contributed by atoms with Gasteiger partial charge in [-0.15, -0.1) is 0 Å². The SMILES string of the molecule is CCOCCN(CC)CC(CN)C(C)C. The van der Waals surface area contributed by atoms with Crippen LogP contribution in [-0.2, 0) is 4.74 Å². The van der Waals surface area contributed by atoms with Crippen molar-refractivity contribution in [1.82, 2.24) is 4.90 Å². The van der Waals surface area contributed by atoms with E-state index in [9.17, 15) is 0 Å². The standard InChI is InChI=1S/C12H28N2O/c1-5-14(7-8-15-6-2)10-12(9-13)11(3)4/h11-12H,5-10,13H2,1-4H3. The molecular formula is C12H28N2O. The molecule has 3 heteroatoms. The van der Waals surface area contributed by atoms with Crippen molar-refractivity contribution in [2.24, 2.45) is 17.6 Å². The van der Waals surface area contributed by atoms with Crippen LogP contribution in [-0.4, -0.2) is 44.3 Å². The van der Waals surface area contributed by atoms with Crippen molar-refractivity contribution >= 4 is 0 Å². The van der Waals surface area contributed by atoms with E-state index in [0.717, 1.165) is 39.4 Å². The van der Waals surface area contributed by atoms with Crippen LogP contribution in [0.5, 0.6) is 0 Å². The van der Waals surface area contributed by atoms with Gasteiger partial charge in [0.1, 0.15) is 0 Å². The van der Waals surface area contributed by atoms with E-state index in [-0.39, 0.29) is 0 Å². The molecule has 0 aliphatic carbocycles. The fourth-order valence-electron chi connectivity index (χ4n) is 1.61. The third kappa shape index (κ3) is 6.88. The summed E-state index contributed by atoms with van der Waals surface area (Å²) in [4.78, 5) is 2.42. The van der Waals surface area contributed by atoms with Gasteiger partial charge in [-0.05, 0) is 31.8 Å². The van der Waals surface area contributed by atoms with Gasteiger partial charge in [-0.25, -0.2) is 0 Å². The zero-order valence-corrected chi connectivity index (χ0v) is 10.8. The summed E-state index contributed by atoms with van der Waals surface area (Å²) in [5, 5.41) is 0. The largest absolute Gasteiger partial charge is 0.380 e. The summed E-state index contributed by atoms with van der Waals surface area (Å²) >= 11 is 0. The van der Waals surface area contributed by atoms with E-state index < -0.39 is 0 Å². The molecule has 0 fully saturated rings. The minimum atomic E-state index is 0.603. The number of likely N-dealkylation sites (N-methyl/N-ethyl adjacent to an activating group) is 1.